The van der Waals surface area contributed by atoms with Crippen molar-refractivity contribution in [2.45, 2.75) is 31.8 Å². The molecule has 2 aliphatic rings. The van der Waals surface area contributed by atoms with Gasteiger partial charge in [0.25, 0.3) is 0 Å². The molecule has 1 saturated carbocycles. The summed E-state index contributed by atoms with van der Waals surface area (Å²) in [4.78, 5) is 0. The summed E-state index contributed by atoms with van der Waals surface area (Å²) in [6, 6.07) is 7.89. The van der Waals surface area contributed by atoms with Crippen molar-refractivity contribution in [3.8, 4) is 0 Å². The van der Waals surface area contributed by atoms with Crippen molar-refractivity contribution >= 4 is 0 Å². The SMILES string of the molecule is C[N+]1(Cc2ccc(F)cc2)CC2CC[C@H]1C2.[I-]. The van der Waals surface area contributed by atoms with Crippen molar-refractivity contribution in [2.75, 3.05) is 13.6 Å². The van der Waals surface area contributed by atoms with Crippen LogP contribution in [0.2, 0.25) is 0 Å². The van der Waals surface area contributed by atoms with Gasteiger partial charge in [-0.2, -0.15) is 0 Å². The molecule has 3 heteroatoms. The summed E-state index contributed by atoms with van der Waals surface area (Å²) >= 11 is 0. The molecule has 1 heterocycles. The molecule has 0 N–H and O–H groups in total. The molecule has 2 bridgehead atoms. The summed E-state index contributed by atoms with van der Waals surface area (Å²) in [6.07, 6.45) is 4.24. The van der Waals surface area contributed by atoms with Crippen LogP contribution in [0.3, 0.4) is 0 Å². The molecule has 1 aliphatic heterocycles. The zero-order chi connectivity index (χ0) is 11.2. The number of nitrogens with zero attached hydrogens (tertiary/aromatic N) is 1. The quantitative estimate of drug-likeness (QED) is 0.520. The molecule has 3 rings (SSSR count). The van der Waals surface area contributed by atoms with Gasteiger partial charge in [-0.15, -0.1) is 0 Å². The van der Waals surface area contributed by atoms with Crippen molar-refractivity contribution < 1.29 is 32.9 Å². The van der Waals surface area contributed by atoms with Crippen LogP contribution in [0.5, 0.6) is 0 Å². The number of quaternary nitrogens is 1. The first-order chi connectivity index (χ1) is 7.66. The number of fused-ring (bicyclic) bond motifs is 2. The van der Waals surface area contributed by atoms with E-state index in [1.807, 2.05) is 12.1 Å². The van der Waals surface area contributed by atoms with Crippen LogP contribution in [0.15, 0.2) is 24.3 Å². The van der Waals surface area contributed by atoms with E-state index < -0.39 is 0 Å². The molecular formula is C14H19FIN. The Morgan fingerprint density at radius 3 is 2.47 bits per heavy atom. The highest BCUT2D eigenvalue weighted by atomic mass is 127. The summed E-state index contributed by atoms with van der Waals surface area (Å²) in [6.45, 7) is 2.39. The molecule has 1 nitrogen and oxygen atoms in total. The lowest BCUT2D eigenvalue weighted by atomic mass is 10.1. The minimum Gasteiger partial charge on any atom is -1.00 e. The van der Waals surface area contributed by atoms with Gasteiger partial charge in [0, 0.05) is 17.9 Å². The third-order valence-electron chi connectivity index (χ3n) is 4.53. The van der Waals surface area contributed by atoms with Gasteiger partial charge in [0.15, 0.2) is 0 Å². The Balaban J connectivity index is 0.00000108. The van der Waals surface area contributed by atoms with Crippen LogP contribution in [0, 0.1) is 11.7 Å². The van der Waals surface area contributed by atoms with Gasteiger partial charge < -0.3 is 28.5 Å². The normalized spacial score (nSPS) is 34.7. The van der Waals surface area contributed by atoms with Crippen molar-refractivity contribution in [1.82, 2.24) is 0 Å². The average Bonchev–Trinajstić information content (AvgIpc) is 2.81. The molecule has 1 aliphatic carbocycles. The Morgan fingerprint density at radius 2 is 1.94 bits per heavy atom. The molecule has 0 spiro atoms. The molecular weight excluding hydrogens is 328 g/mol. The first-order valence-corrected chi connectivity index (χ1v) is 6.24. The van der Waals surface area contributed by atoms with Gasteiger partial charge in [0.05, 0.1) is 19.6 Å². The Labute approximate surface area is 120 Å². The van der Waals surface area contributed by atoms with E-state index in [9.17, 15) is 4.39 Å². The molecule has 0 aromatic heterocycles. The summed E-state index contributed by atoms with van der Waals surface area (Å²) in [5.74, 6) is 0.824. The van der Waals surface area contributed by atoms with Gasteiger partial charge in [-0.1, -0.05) is 12.1 Å². The van der Waals surface area contributed by atoms with E-state index in [0.717, 1.165) is 18.5 Å². The van der Waals surface area contributed by atoms with E-state index in [1.165, 1.54) is 35.9 Å². The van der Waals surface area contributed by atoms with Crippen LogP contribution in [0.25, 0.3) is 0 Å². The fourth-order valence-electron chi connectivity index (χ4n) is 3.72. The lowest BCUT2D eigenvalue weighted by Gasteiger charge is -2.38. The predicted octanol–water partition coefficient (Wildman–Crippen LogP) is -0.0414. The minimum atomic E-state index is -0.130. The van der Waals surface area contributed by atoms with Crippen LogP contribution >= 0.6 is 0 Å². The number of rotatable bonds is 2. The largest absolute Gasteiger partial charge is 1.00 e. The van der Waals surface area contributed by atoms with Crippen LogP contribution in [-0.2, 0) is 6.54 Å². The van der Waals surface area contributed by atoms with Gasteiger partial charge in [-0.05, 0) is 25.0 Å². The van der Waals surface area contributed by atoms with Crippen molar-refractivity contribution in [3.63, 3.8) is 0 Å². The molecule has 0 radical (unpaired) electrons. The zero-order valence-corrected chi connectivity index (χ0v) is 12.4. The number of benzene rings is 1. The van der Waals surface area contributed by atoms with E-state index in [4.69, 9.17) is 0 Å². The summed E-state index contributed by atoms with van der Waals surface area (Å²) in [5.41, 5.74) is 1.27. The Kier molecular flexibility index (Phi) is 3.78. The van der Waals surface area contributed by atoms with Gasteiger partial charge in [0.1, 0.15) is 12.4 Å². The number of hydrogen-bond donors (Lipinski definition) is 0. The predicted molar refractivity (Wildman–Crippen MR) is 62.3 cm³/mol. The maximum Gasteiger partial charge on any atom is 0.123 e. The molecule has 3 atom stereocenters. The molecule has 94 valence electrons. The van der Waals surface area contributed by atoms with Crippen molar-refractivity contribution in [1.29, 1.82) is 0 Å². The topological polar surface area (TPSA) is 0 Å². The van der Waals surface area contributed by atoms with Crippen molar-refractivity contribution in [3.05, 3.63) is 35.6 Å². The van der Waals surface area contributed by atoms with Gasteiger partial charge in [-0.3, -0.25) is 0 Å². The second-order valence-electron chi connectivity index (χ2n) is 5.78. The van der Waals surface area contributed by atoms with E-state index in [-0.39, 0.29) is 29.8 Å². The first kappa shape index (κ1) is 13.3. The fourth-order valence-corrected chi connectivity index (χ4v) is 3.72. The highest BCUT2D eigenvalue weighted by Gasteiger charge is 2.48. The number of piperidine rings is 1. The lowest BCUT2D eigenvalue weighted by Crippen LogP contribution is -3.00. The Bertz CT molecular complexity index is 392. The molecule has 1 aromatic rings. The van der Waals surface area contributed by atoms with E-state index in [0.29, 0.717) is 0 Å². The number of hydrogen-bond acceptors (Lipinski definition) is 0. The second-order valence-corrected chi connectivity index (χ2v) is 5.78. The van der Waals surface area contributed by atoms with Crippen molar-refractivity contribution in [2.24, 2.45) is 5.92 Å². The van der Waals surface area contributed by atoms with Gasteiger partial charge in [-0.25, -0.2) is 4.39 Å². The minimum absolute atomic E-state index is 0. The summed E-state index contributed by atoms with van der Waals surface area (Å²) < 4.78 is 14.0. The third kappa shape index (κ3) is 2.50. The number of halogens is 2. The highest BCUT2D eigenvalue weighted by molar-refractivity contribution is 5.15. The van der Waals surface area contributed by atoms with Gasteiger partial charge >= 0.3 is 0 Å². The van der Waals surface area contributed by atoms with E-state index in [1.54, 1.807) is 12.1 Å². The van der Waals surface area contributed by atoms with E-state index in [2.05, 4.69) is 7.05 Å². The Hall–Kier alpha value is -0.160. The second kappa shape index (κ2) is 4.84. The average molecular weight is 347 g/mol. The zero-order valence-electron chi connectivity index (χ0n) is 10.2. The highest BCUT2D eigenvalue weighted by Crippen LogP contribution is 2.42. The Morgan fingerprint density at radius 1 is 1.24 bits per heavy atom. The maximum absolute atomic E-state index is 12.8. The first-order valence-electron chi connectivity index (χ1n) is 6.24. The lowest BCUT2D eigenvalue weighted by molar-refractivity contribution is -0.938. The van der Waals surface area contributed by atoms with Crippen LogP contribution in [0.4, 0.5) is 4.39 Å². The molecule has 2 fully saturated rings. The third-order valence-corrected chi connectivity index (χ3v) is 4.53. The number of likely N-dealkylation sites (tertiary alicyclic amines) is 1. The summed E-state index contributed by atoms with van der Waals surface area (Å²) in [5, 5.41) is 0. The summed E-state index contributed by atoms with van der Waals surface area (Å²) in [7, 11) is 2.37. The van der Waals surface area contributed by atoms with Gasteiger partial charge in [0.2, 0.25) is 0 Å². The molecule has 1 saturated heterocycles. The molecule has 2 unspecified atom stereocenters. The fraction of sp³-hybridized carbons (Fsp3) is 0.571. The van der Waals surface area contributed by atoms with E-state index >= 15 is 0 Å². The molecule has 1 aromatic carbocycles. The maximum atomic E-state index is 12.8. The van der Waals surface area contributed by atoms with Crippen LogP contribution in [0.1, 0.15) is 24.8 Å². The molecule has 17 heavy (non-hydrogen) atoms. The van der Waals surface area contributed by atoms with Crippen LogP contribution in [-0.4, -0.2) is 24.1 Å². The standard InChI is InChI=1S/C14H19FN.HI/c1-16(10-12-4-7-14(16)8-12)9-11-2-5-13(15)6-3-11;/h2-3,5-6,12,14H,4,7-10H2,1H3;1H/q+1;/p-1/t12?,14-,16?;/m0./s1. The molecule has 0 amide bonds. The monoisotopic (exact) mass is 347 g/mol. The smallest absolute Gasteiger partial charge is 0.123 e. The van der Waals surface area contributed by atoms with Crippen LogP contribution < -0.4 is 24.0 Å².